The fraction of sp³-hybridized carbons (Fsp3) is 0.143. The minimum absolute atomic E-state index is 0.230. The van der Waals surface area contributed by atoms with Crippen molar-refractivity contribution in [3.8, 4) is 11.5 Å². The monoisotopic (exact) mass is 403 g/mol. The molecule has 3 nitrogen and oxygen atoms in total. The molecule has 0 heterocycles. The van der Waals surface area contributed by atoms with Gasteiger partial charge >= 0.3 is 0 Å². The summed E-state index contributed by atoms with van der Waals surface area (Å²) < 4.78 is 25.5. The topological polar surface area (TPSA) is 44.5 Å². The van der Waals surface area contributed by atoms with Crippen molar-refractivity contribution in [1.29, 1.82) is 0 Å². The smallest absolute Gasteiger partial charge is 0.145 e. The summed E-state index contributed by atoms with van der Waals surface area (Å²) >= 11 is 6.46. The molecule has 0 aliphatic rings. The normalized spacial score (nSPS) is 10.4. The molecule has 0 unspecified atom stereocenters. The van der Waals surface area contributed by atoms with E-state index in [0.29, 0.717) is 21.7 Å². The Morgan fingerprint density at radius 3 is 2.60 bits per heavy atom. The van der Waals surface area contributed by atoms with Gasteiger partial charge in [-0.25, -0.2) is 4.39 Å². The second-order valence-corrected chi connectivity index (χ2v) is 5.82. The van der Waals surface area contributed by atoms with Crippen LogP contribution in [0.2, 0.25) is 0 Å². The van der Waals surface area contributed by atoms with Gasteiger partial charge in [-0.15, -0.1) is 0 Å². The molecule has 2 N–H and O–H groups in total. The second-order valence-electron chi connectivity index (χ2n) is 4.05. The number of hydrogen-bond acceptors (Lipinski definition) is 3. The molecule has 106 valence electrons. The Bertz CT molecular complexity index is 635. The molecule has 0 amide bonds. The molecule has 0 aliphatic carbocycles. The number of rotatable bonds is 4. The van der Waals surface area contributed by atoms with Gasteiger partial charge in [0.05, 0.1) is 17.3 Å². The van der Waals surface area contributed by atoms with Crippen molar-refractivity contribution in [3.63, 3.8) is 0 Å². The molecule has 0 saturated heterocycles. The number of nitrogen functional groups attached to an aromatic ring is 1. The van der Waals surface area contributed by atoms with Crippen LogP contribution in [0.25, 0.3) is 0 Å². The fourth-order valence-electron chi connectivity index (χ4n) is 1.68. The van der Waals surface area contributed by atoms with Crippen molar-refractivity contribution in [3.05, 3.63) is 50.7 Å². The van der Waals surface area contributed by atoms with Gasteiger partial charge in [-0.1, -0.05) is 15.9 Å². The summed E-state index contributed by atoms with van der Waals surface area (Å²) in [6.45, 7) is 0.230. The molecular weight excluding hydrogens is 393 g/mol. The Hall–Kier alpha value is -1.27. The van der Waals surface area contributed by atoms with Gasteiger partial charge in [0, 0.05) is 16.1 Å². The molecule has 2 aromatic carbocycles. The highest BCUT2D eigenvalue weighted by Gasteiger charge is 2.09. The lowest BCUT2D eigenvalue weighted by Gasteiger charge is -2.12. The average Bonchev–Trinajstić information content (AvgIpc) is 2.41. The van der Waals surface area contributed by atoms with E-state index in [1.54, 1.807) is 7.11 Å². The number of hydrogen-bond donors (Lipinski definition) is 1. The maximum atomic E-state index is 13.5. The van der Waals surface area contributed by atoms with Gasteiger partial charge in [0.25, 0.3) is 0 Å². The first kappa shape index (κ1) is 15.1. The van der Waals surface area contributed by atoms with Crippen LogP contribution in [0, 0.1) is 5.82 Å². The first-order valence-corrected chi connectivity index (χ1v) is 7.29. The molecule has 0 radical (unpaired) electrons. The molecule has 2 aromatic rings. The summed E-state index contributed by atoms with van der Waals surface area (Å²) in [5, 5.41) is 0. The zero-order valence-corrected chi connectivity index (χ0v) is 13.8. The molecule has 0 spiro atoms. The van der Waals surface area contributed by atoms with Gasteiger partial charge < -0.3 is 15.2 Å². The molecule has 6 heteroatoms. The SMILES string of the molecule is COc1ccc(Br)cc1COc1cc(F)c(Br)cc1N. The van der Waals surface area contributed by atoms with E-state index in [1.807, 2.05) is 18.2 Å². The van der Waals surface area contributed by atoms with Gasteiger partial charge in [-0.3, -0.25) is 0 Å². The standard InChI is InChI=1S/C14H12Br2FNO2/c1-19-13-3-2-9(15)4-8(13)7-20-14-6-11(17)10(16)5-12(14)18/h2-6H,7,18H2,1H3. The highest BCUT2D eigenvalue weighted by molar-refractivity contribution is 9.10. The molecule has 2 rings (SSSR count). The zero-order chi connectivity index (χ0) is 14.7. The second kappa shape index (κ2) is 6.45. The number of anilines is 1. The summed E-state index contributed by atoms with van der Waals surface area (Å²) in [6, 6.07) is 8.31. The highest BCUT2D eigenvalue weighted by Crippen LogP contribution is 2.30. The van der Waals surface area contributed by atoms with Crippen molar-refractivity contribution in [2.24, 2.45) is 0 Å². The minimum Gasteiger partial charge on any atom is -0.496 e. The molecular formula is C14H12Br2FNO2. The Morgan fingerprint density at radius 1 is 1.15 bits per heavy atom. The largest absolute Gasteiger partial charge is 0.496 e. The summed E-state index contributed by atoms with van der Waals surface area (Å²) in [5.41, 5.74) is 7.00. The molecule has 0 bridgehead atoms. The maximum absolute atomic E-state index is 13.5. The van der Waals surface area contributed by atoms with Gasteiger partial charge in [0.2, 0.25) is 0 Å². The number of methoxy groups -OCH3 is 1. The van der Waals surface area contributed by atoms with Crippen LogP contribution < -0.4 is 15.2 Å². The Balaban J connectivity index is 2.21. The van der Waals surface area contributed by atoms with Crippen molar-refractivity contribution >= 4 is 37.5 Å². The first-order valence-electron chi connectivity index (χ1n) is 5.71. The van der Waals surface area contributed by atoms with Crippen LogP contribution in [0.15, 0.2) is 39.3 Å². The Kier molecular flexibility index (Phi) is 4.88. The van der Waals surface area contributed by atoms with E-state index in [9.17, 15) is 4.39 Å². The van der Waals surface area contributed by atoms with E-state index in [0.717, 1.165) is 10.0 Å². The van der Waals surface area contributed by atoms with Crippen LogP contribution >= 0.6 is 31.9 Å². The van der Waals surface area contributed by atoms with Crippen molar-refractivity contribution < 1.29 is 13.9 Å². The molecule has 20 heavy (non-hydrogen) atoms. The van der Waals surface area contributed by atoms with E-state index >= 15 is 0 Å². The zero-order valence-electron chi connectivity index (χ0n) is 10.6. The van der Waals surface area contributed by atoms with Gasteiger partial charge in [0.1, 0.15) is 23.9 Å². The lowest BCUT2D eigenvalue weighted by molar-refractivity contribution is 0.296. The van der Waals surface area contributed by atoms with Crippen LogP contribution in [-0.4, -0.2) is 7.11 Å². The third kappa shape index (κ3) is 3.43. The van der Waals surface area contributed by atoms with Gasteiger partial charge in [0.15, 0.2) is 0 Å². The Morgan fingerprint density at radius 2 is 1.90 bits per heavy atom. The quantitative estimate of drug-likeness (QED) is 0.762. The van der Waals surface area contributed by atoms with Crippen molar-refractivity contribution in [2.45, 2.75) is 6.61 Å². The van der Waals surface area contributed by atoms with Gasteiger partial charge in [-0.05, 0) is 40.2 Å². The lowest BCUT2D eigenvalue weighted by Crippen LogP contribution is -2.01. The van der Waals surface area contributed by atoms with Crippen LogP contribution in [0.1, 0.15) is 5.56 Å². The number of benzene rings is 2. The summed E-state index contributed by atoms with van der Waals surface area (Å²) in [4.78, 5) is 0. The summed E-state index contributed by atoms with van der Waals surface area (Å²) in [7, 11) is 1.58. The number of ether oxygens (including phenoxy) is 2. The first-order chi connectivity index (χ1) is 9.51. The third-order valence-electron chi connectivity index (χ3n) is 2.68. The van der Waals surface area contributed by atoms with Crippen LogP contribution in [-0.2, 0) is 6.61 Å². The number of halogens is 3. The predicted octanol–water partition coefficient (Wildman–Crippen LogP) is 4.52. The van der Waals surface area contributed by atoms with Crippen molar-refractivity contribution in [2.75, 3.05) is 12.8 Å². The van der Waals surface area contributed by atoms with E-state index in [4.69, 9.17) is 15.2 Å². The van der Waals surface area contributed by atoms with Gasteiger partial charge in [-0.2, -0.15) is 0 Å². The molecule has 0 aliphatic heterocycles. The third-order valence-corrected chi connectivity index (χ3v) is 3.78. The molecule has 0 fully saturated rings. The van der Waals surface area contributed by atoms with E-state index < -0.39 is 5.82 Å². The molecule has 0 saturated carbocycles. The van der Waals surface area contributed by atoms with E-state index in [-0.39, 0.29) is 6.61 Å². The summed E-state index contributed by atoms with van der Waals surface area (Å²) in [5.74, 6) is 0.576. The minimum atomic E-state index is -0.421. The van der Waals surface area contributed by atoms with Crippen LogP contribution in [0.5, 0.6) is 11.5 Å². The predicted molar refractivity (Wildman–Crippen MR) is 83.5 cm³/mol. The van der Waals surface area contributed by atoms with E-state index in [2.05, 4.69) is 31.9 Å². The maximum Gasteiger partial charge on any atom is 0.145 e. The van der Waals surface area contributed by atoms with Crippen molar-refractivity contribution in [1.82, 2.24) is 0 Å². The lowest BCUT2D eigenvalue weighted by atomic mass is 10.2. The van der Waals surface area contributed by atoms with E-state index in [1.165, 1.54) is 12.1 Å². The van der Waals surface area contributed by atoms with Crippen LogP contribution in [0.4, 0.5) is 10.1 Å². The Labute approximate surface area is 133 Å². The number of nitrogens with two attached hydrogens (primary N) is 1. The average molecular weight is 405 g/mol. The molecule has 0 aromatic heterocycles. The highest BCUT2D eigenvalue weighted by atomic mass is 79.9. The molecule has 0 atom stereocenters. The summed E-state index contributed by atoms with van der Waals surface area (Å²) in [6.07, 6.45) is 0. The van der Waals surface area contributed by atoms with Crippen LogP contribution in [0.3, 0.4) is 0 Å². The fourth-order valence-corrected chi connectivity index (χ4v) is 2.45.